The summed E-state index contributed by atoms with van der Waals surface area (Å²) in [4.78, 5) is 8.73. The Labute approximate surface area is 109 Å². The summed E-state index contributed by atoms with van der Waals surface area (Å²) in [6.07, 6.45) is 0.790. The lowest BCUT2D eigenvalue weighted by Gasteiger charge is -2.29. The van der Waals surface area contributed by atoms with Gasteiger partial charge in [-0.3, -0.25) is 0 Å². The fourth-order valence-electron chi connectivity index (χ4n) is 1.25. The molecule has 0 aliphatic carbocycles. The van der Waals surface area contributed by atoms with Crippen molar-refractivity contribution >= 4 is 17.4 Å². The van der Waals surface area contributed by atoms with E-state index in [0.29, 0.717) is 11.2 Å². The number of hydrogen-bond acceptors (Lipinski definition) is 3. The first-order valence-electron chi connectivity index (χ1n) is 6.05. The lowest BCUT2D eigenvalue weighted by Crippen LogP contribution is -2.31. The number of aryl methyl sites for hydroxylation is 1. The number of nitrogens with zero attached hydrogens (tertiary/aromatic N) is 2. The van der Waals surface area contributed by atoms with E-state index in [0.717, 1.165) is 23.6 Å². The van der Waals surface area contributed by atoms with Gasteiger partial charge >= 0.3 is 0 Å². The molecule has 0 radical (unpaired) electrons. The quantitative estimate of drug-likeness (QED) is 0.834. The maximum absolute atomic E-state index is 6.10. The van der Waals surface area contributed by atoms with Crippen molar-refractivity contribution in [3.05, 3.63) is 16.5 Å². The van der Waals surface area contributed by atoms with Crippen LogP contribution in [0.1, 0.15) is 46.0 Å². The molecule has 1 aromatic rings. The first-order valence-corrected chi connectivity index (χ1v) is 6.43. The second kappa shape index (κ2) is 5.21. The molecule has 0 spiro atoms. The highest BCUT2D eigenvalue weighted by Crippen LogP contribution is 2.26. The zero-order valence-corrected chi connectivity index (χ0v) is 12.3. The molecule has 1 unspecified atom stereocenters. The summed E-state index contributed by atoms with van der Waals surface area (Å²) in [7, 11) is 0. The second-order valence-corrected chi connectivity index (χ2v) is 5.85. The predicted octanol–water partition coefficient (Wildman–Crippen LogP) is 3.85. The fraction of sp³-hybridized carbons (Fsp3) is 0.692. The number of aromatic nitrogens is 2. The van der Waals surface area contributed by atoms with Gasteiger partial charge < -0.3 is 5.32 Å². The molecule has 0 saturated heterocycles. The van der Waals surface area contributed by atoms with Gasteiger partial charge in [-0.2, -0.15) is 0 Å². The molecule has 0 aliphatic rings. The third-order valence-electron chi connectivity index (χ3n) is 3.10. The van der Waals surface area contributed by atoms with Crippen LogP contribution in [0.5, 0.6) is 0 Å². The van der Waals surface area contributed by atoms with Crippen LogP contribution in [0.25, 0.3) is 0 Å². The predicted molar refractivity (Wildman–Crippen MR) is 73.7 cm³/mol. The van der Waals surface area contributed by atoms with Gasteiger partial charge in [-0.05, 0) is 19.3 Å². The van der Waals surface area contributed by atoms with E-state index < -0.39 is 0 Å². The number of hydrogen-bond donors (Lipinski definition) is 1. The van der Waals surface area contributed by atoms with E-state index in [4.69, 9.17) is 11.6 Å². The summed E-state index contributed by atoms with van der Waals surface area (Å²) in [5.41, 5.74) is 1.09. The summed E-state index contributed by atoms with van der Waals surface area (Å²) in [5, 5.41) is 3.97. The Balaban J connectivity index is 3.02. The molecule has 1 rings (SSSR count). The summed E-state index contributed by atoms with van der Waals surface area (Å²) in [5.74, 6) is 1.63. The van der Waals surface area contributed by atoms with E-state index >= 15 is 0 Å². The van der Waals surface area contributed by atoms with Crippen LogP contribution in [-0.4, -0.2) is 16.0 Å². The molecular weight excluding hydrogens is 234 g/mol. The molecule has 1 heterocycles. The molecule has 96 valence electrons. The van der Waals surface area contributed by atoms with Gasteiger partial charge in [0.25, 0.3) is 0 Å². The molecule has 0 aliphatic heterocycles. The highest BCUT2D eigenvalue weighted by molar-refractivity contribution is 6.30. The SMILES string of the molecule is CCc1nc(Cl)c(C)c(NC(C)C(C)(C)C)n1. The molecule has 0 amide bonds. The van der Waals surface area contributed by atoms with Crippen LogP contribution in [0, 0.1) is 12.3 Å². The molecule has 17 heavy (non-hydrogen) atoms. The van der Waals surface area contributed by atoms with Crippen molar-refractivity contribution in [1.82, 2.24) is 9.97 Å². The molecule has 1 aromatic heterocycles. The maximum Gasteiger partial charge on any atom is 0.137 e. The fourth-order valence-corrected chi connectivity index (χ4v) is 1.44. The number of anilines is 1. The van der Waals surface area contributed by atoms with E-state index in [-0.39, 0.29) is 5.41 Å². The van der Waals surface area contributed by atoms with Crippen molar-refractivity contribution in [3.8, 4) is 0 Å². The van der Waals surface area contributed by atoms with Gasteiger partial charge in [0.15, 0.2) is 0 Å². The van der Waals surface area contributed by atoms with Crippen LogP contribution in [0.3, 0.4) is 0 Å². The number of halogens is 1. The maximum atomic E-state index is 6.10. The first kappa shape index (κ1) is 14.2. The number of nitrogens with one attached hydrogen (secondary N) is 1. The van der Waals surface area contributed by atoms with Crippen molar-refractivity contribution in [3.63, 3.8) is 0 Å². The topological polar surface area (TPSA) is 37.8 Å². The summed E-state index contributed by atoms with van der Waals surface area (Å²) in [6.45, 7) is 12.7. The Morgan fingerprint density at radius 3 is 2.35 bits per heavy atom. The normalized spacial score (nSPS) is 13.6. The van der Waals surface area contributed by atoms with Crippen molar-refractivity contribution < 1.29 is 0 Å². The third-order valence-corrected chi connectivity index (χ3v) is 3.47. The Kier molecular flexibility index (Phi) is 4.36. The van der Waals surface area contributed by atoms with E-state index in [1.807, 2.05) is 13.8 Å². The highest BCUT2D eigenvalue weighted by Gasteiger charge is 2.21. The molecule has 0 bridgehead atoms. The molecule has 4 heteroatoms. The molecule has 1 atom stereocenters. The molecule has 0 saturated carbocycles. The average Bonchev–Trinajstić information content (AvgIpc) is 2.22. The van der Waals surface area contributed by atoms with Gasteiger partial charge in [-0.1, -0.05) is 39.3 Å². The molecule has 0 aromatic carbocycles. The highest BCUT2D eigenvalue weighted by atomic mass is 35.5. The smallest absolute Gasteiger partial charge is 0.137 e. The zero-order chi connectivity index (χ0) is 13.2. The van der Waals surface area contributed by atoms with Gasteiger partial charge in [-0.25, -0.2) is 9.97 Å². The molecular formula is C13H22ClN3. The van der Waals surface area contributed by atoms with E-state index in [9.17, 15) is 0 Å². The Morgan fingerprint density at radius 2 is 1.88 bits per heavy atom. The van der Waals surface area contributed by atoms with E-state index in [1.165, 1.54) is 0 Å². The lowest BCUT2D eigenvalue weighted by atomic mass is 9.88. The first-order chi connectivity index (χ1) is 7.75. The van der Waals surface area contributed by atoms with Crippen LogP contribution in [-0.2, 0) is 6.42 Å². The van der Waals surface area contributed by atoms with Gasteiger partial charge in [0.05, 0.1) is 0 Å². The van der Waals surface area contributed by atoms with Crippen molar-refractivity contribution in [2.45, 2.75) is 54.0 Å². The average molecular weight is 256 g/mol. The monoisotopic (exact) mass is 255 g/mol. The minimum atomic E-state index is 0.177. The third kappa shape index (κ3) is 3.56. The molecule has 1 N–H and O–H groups in total. The standard InChI is InChI=1S/C13H22ClN3/c1-7-10-16-11(14)8(2)12(17-10)15-9(3)13(4,5)6/h9H,7H2,1-6H3,(H,15,16,17). The van der Waals surface area contributed by atoms with Crippen molar-refractivity contribution in [1.29, 1.82) is 0 Å². The minimum absolute atomic E-state index is 0.177. The second-order valence-electron chi connectivity index (χ2n) is 5.49. The van der Waals surface area contributed by atoms with E-state index in [1.54, 1.807) is 0 Å². The summed E-state index contributed by atoms with van der Waals surface area (Å²) in [6, 6.07) is 0.317. The summed E-state index contributed by atoms with van der Waals surface area (Å²) >= 11 is 6.10. The van der Waals surface area contributed by atoms with Crippen LogP contribution in [0.2, 0.25) is 5.15 Å². The van der Waals surface area contributed by atoms with E-state index in [2.05, 4.69) is 43.0 Å². The van der Waals surface area contributed by atoms with Crippen LogP contribution < -0.4 is 5.32 Å². The van der Waals surface area contributed by atoms with Crippen LogP contribution in [0.4, 0.5) is 5.82 Å². The van der Waals surface area contributed by atoms with Gasteiger partial charge in [-0.15, -0.1) is 0 Å². The Bertz CT molecular complexity index is 396. The molecule has 3 nitrogen and oxygen atoms in total. The van der Waals surface area contributed by atoms with Gasteiger partial charge in [0.1, 0.15) is 16.8 Å². The van der Waals surface area contributed by atoms with Gasteiger partial charge in [0.2, 0.25) is 0 Å². The Hall–Kier alpha value is -0.830. The van der Waals surface area contributed by atoms with Gasteiger partial charge in [0, 0.05) is 18.0 Å². The van der Waals surface area contributed by atoms with Crippen molar-refractivity contribution in [2.75, 3.05) is 5.32 Å². The van der Waals surface area contributed by atoms with Crippen LogP contribution in [0.15, 0.2) is 0 Å². The molecule has 0 fully saturated rings. The Morgan fingerprint density at radius 1 is 1.29 bits per heavy atom. The largest absolute Gasteiger partial charge is 0.367 e. The minimum Gasteiger partial charge on any atom is -0.367 e. The zero-order valence-electron chi connectivity index (χ0n) is 11.6. The number of rotatable bonds is 3. The van der Waals surface area contributed by atoms with Crippen LogP contribution >= 0.6 is 11.6 Å². The lowest BCUT2D eigenvalue weighted by molar-refractivity contribution is 0.358. The van der Waals surface area contributed by atoms with Crippen molar-refractivity contribution in [2.24, 2.45) is 5.41 Å². The summed E-state index contributed by atoms with van der Waals surface area (Å²) < 4.78 is 0.